The Hall–Kier alpha value is -3.49. The molecule has 1 aliphatic heterocycles. The van der Waals surface area contributed by atoms with Crippen LogP contribution in [0.4, 0.5) is 5.69 Å². The summed E-state index contributed by atoms with van der Waals surface area (Å²) in [6.07, 6.45) is 10.1. The lowest BCUT2D eigenvalue weighted by atomic mass is 9.96. The maximum atomic E-state index is 11.2. The van der Waals surface area contributed by atoms with Crippen molar-refractivity contribution in [2.75, 3.05) is 18.4 Å². The summed E-state index contributed by atoms with van der Waals surface area (Å²) >= 11 is 0. The first-order valence-corrected chi connectivity index (χ1v) is 13.3. The Morgan fingerprint density at radius 1 is 1.16 bits per heavy atom. The second-order valence-corrected chi connectivity index (χ2v) is 10.3. The average molecular weight is 500 g/mol. The fraction of sp³-hybridized carbons (Fsp3) is 0.414. The summed E-state index contributed by atoms with van der Waals surface area (Å²) in [7, 11) is 0. The Morgan fingerprint density at radius 3 is 2.68 bits per heavy atom. The van der Waals surface area contributed by atoms with E-state index in [0.29, 0.717) is 12.1 Å². The predicted octanol–water partition coefficient (Wildman–Crippen LogP) is 4.84. The molecule has 2 aromatic heterocycles. The highest BCUT2D eigenvalue weighted by Crippen LogP contribution is 2.25. The fourth-order valence-corrected chi connectivity index (χ4v) is 5.55. The lowest BCUT2D eigenvalue weighted by Crippen LogP contribution is -2.48. The highest BCUT2D eigenvalue weighted by molar-refractivity contribution is 5.88. The van der Waals surface area contributed by atoms with Gasteiger partial charge in [-0.25, -0.2) is 0 Å². The molecular formula is C29H37N7O. The van der Waals surface area contributed by atoms with E-state index < -0.39 is 0 Å². The van der Waals surface area contributed by atoms with E-state index in [-0.39, 0.29) is 11.9 Å². The minimum absolute atomic E-state index is 0.0429. The van der Waals surface area contributed by atoms with Crippen LogP contribution in [0.15, 0.2) is 61.3 Å². The number of aromatic nitrogens is 4. The summed E-state index contributed by atoms with van der Waals surface area (Å²) < 4.78 is 1.94. The number of H-pyrrole nitrogens is 1. The van der Waals surface area contributed by atoms with E-state index in [1.165, 1.54) is 29.0 Å². The molecule has 8 heteroatoms. The van der Waals surface area contributed by atoms with Gasteiger partial charge in [0.1, 0.15) is 12.7 Å². The molecule has 0 radical (unpaired) electrons. The van der Waals surface area contributed by atoms with Crippen LogP contribution in [0.3, 0.4) is 0 Å². The van der Waals surface area contributed by atoms with E-state index in [1.54, 1.807) is 12.7 Å². The van der Waals surface area contributed by atoms with Crippen molar-refractivity contribution in [3.05, 3.63) is 72.4 Å². The molecule has 1 aliphatic rings. The van der Waals surface area contributed by atoms with Crippen LogP contribution in [0.1, 0.15) is 57.2 Å². The summed E-state index contributed by atoms with van der Waals surface area (Å²) in [5, 5.41) is 15.8. The molecule has 3 N–H and O–H groups in total. The van der Waals surface area contributed by atoms with Gasteiger partial charge in [0.2, 0.25) is 5.91 Å². The van der Waals surface area contributed by atoms with Gasteiger partial charge in [0, 0.05) is 53.5 Å². The summed E-state index contributed by atoms with van der Waals surface area (Å²) in [4.78, 5) is 17.3. The van der Waals surface area contributed by atoms with Crippen molar-refractivity contribution in [3.8, 4) is 5.69 Å². The number of carbonyl (C=O) groups excluding carboxylic acids is 1. The second kappa shape index (κ2) is 11.3. The third kappa shape index (κ3) is 6.09. The van der Waals surface area contributed by atoms with Crippen LogP contribution in [0.5, 0.6) is 0 Å². The maximum Gasteiger partial charge on any atom is 0.221 e. The third-order valence-electron chi connectivity index (χ3n) is 7.59. The standard InChI is InChI=1S/C29H37N7O/c1-20-15-26(33-21(2)23-6-8-25(9-7-23)34-22(3)37)12-14-35(20)13-4-5-24-17-30-29-11-10-27(16-28(24)29)36-18-31-32-19-36/h6-11,16-21,26,30,33H,4-5,12-15H2,1-3H3,(H,34,37)/t20?,21-,26?/m1/s1. The number of aryl methyl sites for hydroxylation is 1. The van der Waals surface area contributed by atoms with E-state index in [1.807, 2.05) is 16.7 Å². The molecule has 37 heavy (non-hydrogen) atoms. The molecule has 1 fully saturated rings. The van der Waals surface area contributed by atoms with Crippen LogP contribution in [-0.4, -0.2) is 55.7 Å². The summed E-state index contributed by atoms with van der Waals surface area (Å²) in [6, 6.07) is 15.9. The summed E-state index contributed by atoms with van der Waals surface area (Å²) in [5.41, 5.74) is 5.71. The number of hydrogen-bond donors (Lipinski definition) is 3. The normalized spacial score (nSPS) is 19.2. The summed E-state index contributed by atoms with van der Waals surface area (Å²) in [6.45, 7) is 8.35. The monoisotopic (exact) mass is 499 g/mol. The SMILES string of the molecule is CC(=O)Nc1ccc([C@@H](C)NC2CCN(CCCc3c[nH]c4ccc(-n5cnnc5)cc34)C(C)C2)cc1. The number of piperidine rings is 1. The molecular weight excluding hydrogens is 462 g/mol. The molecule has 8 nitrogen and oxygen atoms in total. The average Bonchev–Trinajstić information content (AvgIpc) is 3.56. The van der Waals surface area contributed by atoms with E-state index in [9.17, 15) is 4.79 Å². The molecule has 1 saturated heterocycles. The number of hydrogen-bond acceptors (Lipinski definition) is 5. The number of aromatic amines is 1. The molecule has 3 heterocycles. The van der Waals surface area contributed by atoms with Gasteiger partial charge in [-0.3, -0.25) is 9.36 Å². The van der Waals surface area contributed by atoms with Crippen molar-refractivity contribution in [2.24, 2.45) is 0 Å². The van der Waals surface area contributed by atoms with Crippen LogP contribution in [0, 0.1) is 0 Å². The zero-order chi connectivity index (χ0) is 25.8. The van der Waals surface area contributed by atoms with E-state index in [4.69, 9.17) is 0 Å². The van der Waals surface area contributed by atoms with Gasteiger partial charge in [-0.2, -0.15) is 0 Å². The number of rotatable bonds is 9. The molecule has 0 aliphatic carbocycles. The first-order chi connectivity index (χ1) is 18.0. The Bertz CT molecular complexity index is 1310. The van der Waals surface area contributed by atoms with Gasteiger partial charge in [0.15, 0.2) is 0 Å². The number of anilines is 1. The lowest BCUT2D eigenvalue weighted by molar-refractivity contribution is -0.114. The minimum atomic E-state index is -0.0429. The van der Waals surface area contributed by atoms with Gasteiger partial charge in [0.25, 0.3) is 0 Å². The van der Waals surface area contributed by atoms with Crippen LogP contribution in [-0.2, 0) is 11.2 Å². The molecule has 3 atom stereocenters. The first-order valence-electron chi connectivity index (χ1n) is 13.3. The smallest absolute Gasteiger partial charge is 0.221 e. The zero-order valence-corrected chi connectivity index (χ0v) is 21.9. The number of carbonyl (C=O) groups is 1. The van der Waals surface area contributed by atoms with Crippen LogP contribution < -0.4 is 10.6 Å². The Kier molecular flexibility index (Phi) is 7.67. The highest BCUT2D eigenvalue weighted by Gasteiger charge is 2.26. The first kappa shape index (κ1) is 25.2. The number of likely N-dealkylation sites (tertiary alicyclic amines) is 1. The Balaban J connectivity index is 1.10. The van der Waals surface area contributed by atoms with Crippen molar-refractivity contribution < 1.29 is 4.79 Å². The van der Waals surface area contributed by atoms with Crippen molar-refractivity contribution in [3.63, 3.8) is 0 Å². The molecule has 4 aromatic rings. The number of nitrogens with one attached hydrogen (secondary N) is 3. The van der Waals surface area contributed by atoms with Gasteiger partial charge >= 0.3 is 0 Å². The van der Waals surface area contributed by atoms with Gasteiger partial charge in [-0.15, -0.1) is 10.2 Å². The lowest BCUT2D eigenvalue weighted by Gasteiger charge is -2.39. The van der Waals surface area contributed by atoms with Gasteiger partial charge in [-0.05, 0) is 94.1 Å². The molecule has 0 saturated carbocycles. The van der Waals surface area contributed by atoms with Crippen LogP contribution in [0.2, 0.25) is 0 Å². The number of fused-ring (bicyclic) bond motifs is 1. The molecule has 0 spiro atoms. The third-order valence-corrected chi connectivity index (χ3v) is 7.59. The van der Waals surface area contributed by atoms with E-state index in [0.717, 1.165) is 50.1 Å². The van der Waals surface area contributed by atoms with Crippen LogP contribution >= 0.6 is 0 Å². The number of amides is 1. The number of nitrogens with zero attached hydrogens (tertiary/aromatic N) is 4. The second-order valence-electron chi connectivity index (χ2n) is 10.3. The van der Waals surface area contributed by atoms with Gasteiger partial charge in [-0.1, -0.05) is 12.1 Å². The van der Waals surface area contributed by atoms with Gasteiger partial charge in [0.05, 0.1) is 0 Å². The minimum Gasteiger partial charge on any atom is -0.361 e. The largest absolute Gasteiger partial charge is 0.361 e. The van der Waals surface area contributed by atoms with Gasteiger partial charge < -0.3 is 20.5 Å². The predicted molar refractivity (Wildman–Crippen MR) is 148 cm³/mol. The molecule has 2 aromatic carbocycles. The van der Waals surface area contributed by atoms with E-state index in [2.05, 4.69) is 81.1 Å². The van der Waals surface area contributed by atoms with Crippen LogP contribution in [0.25, 0.3) is 16.6 Å². The zero-order valence-electron chi connectivity index (χ0n) is 21.9. The van der Waals surface area contributed by atoms with Crippen molar-refractivity contribution in [1.29, 1.82) is 0 Å². The quantitative estimate of drug-likeness (QED) is 0.306. The number of benzene rings is 2. The highest BCUT2D eigenvalue weighted by atomic mass is 16.1. The molecule has 5 rings (SSSR count). The molecule has 1 amide bonds. The maximum absolute atomic E-state index is 11.2. The van der Waals surface area contributed by atoms with Crippen molar-refractivity contribution in [1.82, 2.24) is 30.0 Å². The van der Waals surface area contributed by atoms with Crippen molar-refractivity contribution in [2.45, 2.75) is 64.6 Å². The Morgan fingerprint density at radius 2 is 1.95 bits per heavy atom. The Labute approximate surface area is 218 Å². The topological polar surface area (TPSA) is 90.9 Å². The summed E-state index contributed by atoms with van der Waals surface area (Å²) in [5.74, 6) is -0.0429. The molecule has 194 valence electrons. The van der Waals surface area contributed by atoms with Crippen molar-refractivity contribution >= 4 is 22.5 Å². The van der Waals surface area contributed by atoms with E-state index >= 15 is 0 Å². The molecule has 0 bridgehead atoms. The molecule has 2 unspecified atom stereocenters. The fourth-order valence-electron chi connectivity index (χ4n) is 5.55.